The second-order valence-corrected chi connectivity index (χ2v) is 7.90. The number of carbonyl (C=O) groups excluding carboxylic acids is 4. The summed E-state index contributed by atoms with van der Waals surface area (Å²) in [5.74, 6) is -1.05. The van der Waals surface area contributed by atoms with E-state index in [9.17, 15) is 19.2 Å². The van der Waals surface area contributed by atoms with Crippen molar-refractivity contribution in [1.29, 1.82) is 0 Å². The maximum Gasteiger partial charge on any atom is 0.261 e. The first-order valence-corrected chi connectivity index (χ1v) is 10.9. The standard InChI is InChI=1S/C25H29N3O4/c1-4-21(23(30)26-3)28(16-18-11-6-5-10-17(18)2)22(29)14-9-15-27-24(31)19-12-7-8-13-20(19)25(27)32/h5-8,10-13,21H,4,9,14-16H2,1-3H3,(H,26,30). The van der Waals surface area contributed by atoms with Crippen LogP contribution in [0.5, 0.6) is 0 Å². The van der Waals surface area contributed by atoms with E-state index in [1.807, 2.05) is 38.1 Å². The zero-order valence-electron chi connectivity index (χ0n) is 18.8. The first kappa shape index (κ1) is 23.2. The number of hydrogen-bond donors (Lipinski definition) is 1. The van der Waals surface area contributed by atoms with Crippen molar-refractivity contribution in [3.05, 3.63) is 70.8 Å². The largest absolute Gasteiger partial charge is 0.357 e. The minimum absolute atomic E-state index is 0.132. The summed E-state index contributed by atoms with van der Waals surface area (Å²) in [7, 11) is 1.56. The number of nitrogens with zero attached hydrogens (tertiary/aromatic N) is 2. The topological polar surface area (TPSA) is 86.8 Å². The summed E-state index contributed by atoms with van der Waals surface area (Å²) in [5, 5.41) is 2.64. The number of imide groups is 1. The van der Waals surface area contributed by atoms with Crippen molar-refractivity contribution < 1.29 is 19.2 Å². The summed E-state index contributed by atoms with van der Waals surface area (Å²) >= 11 is 0. The third-order valence-electron chi connectivity index (χ3n) is 5.88. The van der Waals surface area contributed by atoms with Crippen molar-refractivity contribution in [3.8, 4) is 0 Å². The molecule has 0 saturated carbocycles. The van der Waals surface area contributed by atoms with Crippen molar-refractivity contribution in [1.82, 2.24) is 15.1 Å². The average molecular weight is 436 g/mol. The van der Waals surface area contributed by atoms with Gasteiger partial charge in [-0.15, -0.1) is 0 Å². The van der Waals surface area contributed by atoms with Crippen LogP contribution in [0.4, 0.5) is 0 Å². The fourth-order valence-electron chi connectivity index (χ4n) is 4.03. The van der Waals surface area contributed by atoms with Crippen LogP contribution in [0.1, 0.15) is 58.0 Å². The van der Waals surface area contributed by atoms with Crippen molar-refractivity contribution in [2.24, 2.45) is 0 Å². The van der Waals surface area contributed by atoms with Crippen molar-refractivity contribution >= 4 is 23.6 Å². The van der Waals surface area contributed by atoms with E-state index in [-0.39, 0.29) is 36.6 Å². The molecular weight excluding hydrogens is 406 g/mol. The minimum atomic E-state index is -0.591. The molecule has 1 aliphatic rings. The van der Waals surface area contributed by atoms with Crippen LogP contribution in [-0.4, -0.2) is 53.1 Å². The van der Waals surface area contributed by atoms with Gasteiger partial charge in [-0.3, -0.25) is 24.1 Å². The van der Waals surface area contributed by atoms with Gasteiger partial charge in [0.25, 0.3) is 11.8 Å². The van der Waals surface area contributed by atoms with Crippen LogP contribution in [0.25, 0.3) is 0 Å². The molecule has 7 heteroatoms. The van der Waals surface area contributed by atoms with E-state index in [0.717, 1.165) is 11.1 Å². The molecule has 1 unspecified atom stereocenters. The molecule has 32 heavy (non-hydrogen) atoms. The van der Waals surface area contributed by atoms with Gasteiger partial charge in [-0.25, -0.2) is 0 Å². The van der Waals surface area contributed by atoms with Gasteiger partial charge in [-0.05, 0) is 43.0 Å². The molecule has 7 nitrogen and oxygen atoms in total. The van der Waals surface area contributed by atoms with Gasteiger partial charge < -0.3 is 10.2 Å². The maximum atomic E-state index is 13.2. The van der Waals surface area contributed by atoms with Crippen LogP contribution in [0.3, 0.4) is 0 Å². The van der Waals surface area contributed by atoms with Crippen molar-refractivity contribution in [2.75, 3.05) is 13.6 Å². The second-order valence-electron chi connectivity index (χ2n) is 7.90. The molecule has 0 fully saturated rings. The van der Waals surface area contributed by atoms with Gasteiger partial charge in [0.2, 0.25) is 11.8 Å². The van der Waals surface area contributed by atoms with Gasteiger partial charge in [0.05, 0.1) is 11.1 Å². The molecule has 2 aromatic rings. The van der Waals surface area contributed by atoms with E-state index in [4.69, 9.17) is 0 Å². The SMILES string of the molecule is CCC(C(=O)NC)N(Cc1ccccc1C)C(=O)CCCN1C(=O)c2ccccc2C1=O. The smallest absolute Gasteiger partial charge is 0.261 e. The number of fused-ring (bicyclic) bond motifs is 1. The lowest BCUT2D eigenvalue weighted by Crippen LogP contribution is -2.48. The number of carbonyl (C=O) groups is 4. The van der Waals surface area contributed by atoms with E-state index in [0.29, 0.717) is 30.5 Å². The first-order chi connectivity index (χ1) is 15.4. The van der Waals surface area contributed by atoms with Crippen LogP contribution in [0.2, 0.25) is 0 Å². The molecule has 1 atom stereocenters. The van der Waals surface area contributed by atoms with E-state index in [1.165, 1.54) is 4.90 Å². The Labute approximate surface area is 188 Å². The molecular formula is C25H29N3O4. The zero-order valence-corrected chi connectivity index (χ0v) is 18.8. The number of aryl methyl sites for hydroxylation is 1. The van der Waals surface area contributed by atoms with Gasteiger partial charge in [0.15, 0.2) is 0 Å². The summed E-state index contributed by atoms with van der Waals surface area (Å²) in [5.41, 5.74) is 2.82. The number of amides is 4. The normalized spacial score (nSPS) is 13.7. The maximum absolute atomic E-state index is 13.2. The molecule has 0 saturated heterocycles. The highest BCUT2D eigenvalue weighted by Gasteiger charge is 2.35. The first-order valence-electron chi connectivity index (χ1n) is 10.9. The summed E-state index contributed by atoms with van der Waals surface area (Å²) < 4.78 is 0. The Bertz CT molecular complexity index is 998. The molecule has 2 aromatic carbocycles. The van der Waals surface area contributed by atoms with E-state index >= 15 is 0 Å². The lowest BCUT2D eigenvalue weighted by Gasteiger charge is -2.31. The highest BCUT2D eigenvalue weighted by atomic mass is 16.2. The zero-order chi connectivity index (χ0) is 23.3. The summed E-state index contributed by atoms with van der Waals surface area (Å²) in [6.07, 6.45) is 0.946. The number of likely N-dealkylation sites (N-methyl/N-ethyl adjacent to an activating group) is 1. The molecule has 0 aliphatic carbocycles. The molecule has 168 valence electrons. The quantitative estimate of drug-likeness (QED) is 0.614. The molecule has 0 bridgehead atoms. The van der Waals surface area contributed by atoms with Gasteiger partial charge in [-0.2, -0.15) is 0 Å². The van der Waals surface area contributed by atoms with Crippen LogP contribution < -0.4 is 5.32 Å². The Hall–Kier alpha value is -3.48. The van der Waals surface area contributed by atoms with Crippen molar-refractivity contribution in [3.63, 3.8) is 0 Å². The number of rotatable bonds is 9. The Morgan fingerprint density at radius 2 is 1.59 bits per heavy atom. The van der Waals surface area contributed by atoms with E-state index in [1.54, 1.807) is 36.2 Å². The second kappa shape index (κ2) is 10.2. The molecule has 4 amide bonds. The molecule has 1 heterocycles. The van der Waals surface area contributed by atoms with Crippen LogP contribution >= 0.6 is 0 Å². The highest BCUT2D eigenvalue weighted by Crippen LogP contribution is 2.23. The van der Waals surface area contributed by atoms with Gasteiger partial charge in [0, 0.05) is 26.6 Å². The Kier molecular flexibility index (Phi) is 7.41. The number of benzene rings is 2. The highest BCUT2D eigenvalue weighted by molar-refractivity contribution is 6.21. The lowest BCUT2D eigenvalue weighted by molar-refractivity contribution is -0.141. The molecule has 0 radical (unpaired) electrons. The van der Waals surface area contributed by atoms with E-state index in [2.05, 4.69) is 5.32 Å². The molecule has 3 rings (SSSR count). The monoisotopic (exact) mass is 435 g/mol. The predicted octanol–water partition coefficient (Wildman–Crippen LogP) is 2.92. The lowest BCUT2D eigenvalue weighted by atomic mass is 10.1. The third kappa shape index (κ3) is 4.72. The molecule has 0 spiro atoms. The molecule has 0 aromatic heterocycles. The Morgan fingerprint density at radius 3 is 2.16 bits per heavy atom. The van der Waals surface area contributed by atoms with Gasteiger partial charge >= 0.3 is 0 Å². The van der Waals surface area contributed by atoms with Crippen LogP contribution in [0.15, 0.2) is 48.5 Å². The third-order valence-corrected chi connectivity index (χ3v) is 5.88. The van der Waals surface area contributed by atoms with Crippen molar-refractivity contribution in [2.45, 2.75) is 45.7 Å². The van der Waals surface area contributed by atoms with Crippen LogP contribution in [0, 0.1) is 6.92 Å². The van der Waals surface area contributed by atoms with Gasteiger partial charge in [-0.1, -0.05) is 43.3 Å². The average Bonchev–Trinajstić information content (AvgIpc) is 3.04. The summed E-state index contributed by atoms with van der Waals surface area (Å²) in [6, 6.07) is 13.9. The summed E-state index contributed by atoms with van der Waals surface area (Å²) in [6.45, 7) is 4.33. The minimum Gasteiger partial charge on any atom is -0.357 e. The Morgan fingerprint density at radius 1 is 1.00 bits per heavy atom. The number of nitrogens with one attached hydrogen (secondary N) is 1. The Balaban J connectivity index is 1.70. The van der Waals surface area contributed by atoms with Crippen LogP contribution in [-0.2, 0) is 16.1 Å². The predicted molar refractivity (Wildman–Crippen MR) is 121 cm³/mol. The fraction of sp³-hybridized carbons (Fsp3) is 0.360. The molecule has 1 aliphatic heterocycles. The van der Waals surface area contributed by atoms with Gasteiger partial charge in [0.1, 0.15) is 6.04 Å². The molecule has 1 N–H and O–H groups in total. The van der Waals surface area contributed by atoms with E-state index < -0.39 is 6.04 Å². The fourth-order valence-corrected chi connectivity index (χ4v) is 4.03. The summed E-state index contributed by atoms with van der Waals surface area (Å²) in [4.78, 5) is 53.5. The number of hydrogen-bond acceptors (Lipinski definition) is 4.